The van der Waals surface area contributed by atoms with Crippen LogP contribution in [0.2, 0.25) is 0 Å². The number of rotatable bonds is 3. The second kappa shape index (κ2) is 5.94. The zero-order chi connectivity index (χ0) is 17.4. The van der Waals surface area contributed by atoms with Crippen molar-refractivity contribution in [3.63, 3.8) is 0 Å². The molecule has 0 fully saturated rings. The molecule has 25 heavy (non-hydrogen) atoms. The number of nitrogens with zero attached hydrogens (tertiary/aromatic N) is 2. The van der Waals surface area contributed by atoms with Crippen molar-refractivity contribution in [2.75, 3.05) is 7.11 Å². The molecule has 0 radical (unpaired) electrons. The minimum Gasteiger partial charge on any atom is -0.505 e. The molecule has 0 saturated heterocycles. The van der Waals surface area contributed by atoms with Crippen LogP contribution in [0.5, 0.6) is 11.5 Å². The molecule has 4 rings (SSSR count). The third kappa shape index (κ3) is 2.70. The topological polar surface area (TPSA) is 47.3 Å². The molecule has 4 nitrogen and oxygen atoms in total. The van der Waals surface area contributed by atoms with E-state index in [1.807, 2.05) is 48.5 Å². The van der Waals surface area contributed by atoms with E-state index in [1.165, 1.54) is 12.1 Å². The van der Waals surface area contributed by atoms with Crippen LogP contribution in [0.4, 0.5) is 4.39 Å². The molecular formula is C20H15FN2O2. The molecule has 124 valence electrons. The Bertz CT molecular complexity index is 1060. The first kappa shape index (κ1) is 15.2. The van der Waals surface area contributed by atoms with Crippen LogP contribution < -0.4 is 4.74 Å². The Morgan fingerprint density at radius 2 is 1.80 bits per heavy atom. The maximum atomic E-state index is 13.5. The van der Waals surface area contributed by atoms with Crippen molar-refractivity contribution in [1.29, 1.82) is 0 Å². The lowest BCUT2D eigenvalue weighted by Crippen LogP contribution is -1.96. The minimum atomic E-state index is -0.652. The van der Waals surface area contributed by atoms with Gasteiger partial charge in [-0.2, -0.15) is 5.10 Å². The maximum Gasteiger partial charge on any atom is 0.165 e. The van der Waals surface area contributed by atoms with Gasteiger partial charge in [-0.05, 0) is 41.5 Å². The number of methoxy groups -OCH3 is 1. The third-order valence-electron chi connectivity index (χ3n) is 4.15. The van der Waals surface area contributed by atoms with E-state index in [-0.39, 0.29) is 5.75 Å². The molecule has 5 heteroatoms. The summed E-state index contributed by atoms with van der Waals surface area (Å²) in [5, 5.41) is 14.5. The molecular weight excluding hydrogens is 319 g/mol. The lowest BCUT2D eigenvalue weighted by Gasteiger charge is -2.08. The highest BCUT2D eigenvalue weighted by Crippen LogP contribution is 2.28. The fourth-order valence-corrected chi connectivity index (χ4v) is 2.84. The maximum absolute atomic E-state index is 13.5. The number of phenols is 1. The van der Waals surface area contributed by atoms with E-state index in [2.05, 4.69) is 5.10 Å². The van der Waals surface area contributed by atoms with E-state index in [0.29, 0.717) is 10.9 Å². The van der Waals surface area contributed by atoms with Gasteiger partial charge in [0, 0.05) is 11.5 Å². The van der Waals surface area contributed by atoms with Gasteiger partial charge in [-0.25, -0.2) is 9.07 Å². The highest BCUT2D eigenvalue weighted by atomic mass is 19.1. The summed E-state index contributed by atoms with van der Waals surface area (Å²) in [6, 6.07) is 18.3. The van der Waals surface area contributed by atoms with Gasteiger partial charge in [-0.1, -0.05) is 24.3 Å². The van der Waals surface area contributed by atoms with Crippen molar-refractivity contribution in [1.82, 2.24) is 9.78 Å². The van der Waals surface area contributed by atoms with Gasteiger partial charge in [0.2, 0.25) is 0 Å². The molecule has 0 spiro atoms. The van der Waals surface area contributed by atoms with Crippen molar-refractivity contribution >= 4 is 10.9 Å². The van der Waals surface area contributed by atoms with Crippen LogP contribution in [0, 0.1) is 5.82 Å². The molecule has 3 aromatic carbocycles. The molecule has 4 aromatic rings. The molecule has 1 N–H and O–H groups in total. The molecule has 0 saturated carbocycles. The molecule has 1 aromatic heterocycles. The Labute approximate surface area is 143 Å². The average molecular weight is 334 g/mol. The Morgan fingerprint density at radius 3 is 2.56 bits per heavy atom. The first-order chi connectivity index (χ1) is 12.2. The first-order valence-electron chi connectivity index (χ1n) is 7.77. The number of halogens is 1. The highest BCUT2D eigenvalue weighted by molar-refractivity contribution is 5.82. The van der Waals surface area contributed by atoms with Gasteiger partial charge in [0.05, 0.1) is 24.5 Å². The number of hydrogen-bond donors (Lipinski definition) is 1. The van der Waals surface area contributed by atoms with Crippen LogP contribution in [0.15, 0.2) is 66.9 Å². The summed E-state index contributed by atoms with van der Waals surface area (Å²) in [6.07, 6.45) is 1.58. The number of aromatic nitrogens is 2. The van der Waals surface area contributed by atoms with Gasteiger partial charge in [0.25, 0.3) is 0 Å². The second-order valence-electron chi connectivity index (χ2n) is 5.70. The predicted molar refractivity (Wildman–Crippen MR) is 94.7 cm³/mol. The second-order valence-corrected chi connectivity index (χ2v) is 5.70. The van der Waals surface area contributed by atoms with E-state index in [0.717, 1.165) is 22.6 Å². The molecule has 0 aliphatic heterocycles. The van der Waals surface area contributed by atoms with Crippen molar-refractivity contribution in [2.24, 2.45) is 0 Å². The molecule has 0 amide bonds. The number of phenolic OH excluding ortho intramolecular Hbond substituents is 1. The van der Waals surface area contributed by atoms with Crippen LogP contribution in [0.1, 0.15) is 0 Å². The molecule has 1 heterocycles. The summed E-state index contributed by atoms with van der Waals surface area (Å²) in [6.45, 7) is 0. The molecule has 0 aliphatic carbocycles. The SMILES string of the molecule is COc1cccc(-c2ccc(-n3ncc4cc(F)c(O)cc43)cc2)c1. The number of benzene rings is 3. The standard InChI is InChI=1S/C20H15FN2O2/c1-25-17-4-2-3-14(9-17)13-5-7-16(8-6-13)23-19-11-20(24)18(21)10-15(19)12-22-23/h2-12,24H,1H3. The van der Waals surface area contributed by atoms with E-state index in [1.54, 1.807) is 18.0 Å². The van der Waals surface area contributed by atoms with Crippen molar-refractivity contribution in [3.05, 3.63) is 72.7 Å². The molecule has 0 aliphatic rings. The van der Waals surface area contributed by atoms with Crippen molar-refractivity contribution < 1.29 is 14.2 Å². The fourth-order valence-electron chi connectivity index (χ4n) is 2.84. The summed E-state index contributed by atoms with van der Waals surface area (Å²) in [7, 11) is 1.64. The van der Waals surface area contributed by atoms with E-state index in [4.69, 9.17) is 4.74 Å². The van der Waals surface area contributed by atoms with Crippen LogP contribution in [-0.2, 0) is 0 Å². The van der Waals surface area contributed by atoms with E-state index in [9.17, 15) is 9.50 Å². The predicted octanol–water partition coefficient (Wildman–Crippen LogP) is 4.55. The van der Waals surface area contributed by atoms with Gasteiger partial charge in [-0.15, -0.1) is 0 Å². The van der Waals surface area contributed by atoms with Crippen LogP contribution in [0.25, 0.3) is 27.7 Å². The van der Waals surface area contributed by atoms with Crippen LogP contribution in [0.3, 0.4) is 0 Å². The normalized spacial score (nSPS) is 11.0. The van der Waals surface area contributed by atoms with Gasteiger partial charge in [-0.3, -0.25) is 0 Å². The Kier molecular flexibility index (Phi) is 3.61. The zero-order valence-electron chi connectivity index (χ0n) is 13.5. The zero-order valence-corrected chi connectivity index (χ0v) is 13.5. The number of hydrogen-bond acceptors (Lipinski definition) is 3. The summed E-state index contributed by atoms with van der Waals surface area (Å²) in [4.78, 5) is 0. The van der Waals surface area contributed by atoms with Crippen LogP contribution in [-0.4, -0.2) is 22.0 Å². The molecule has 0 unspecified atom stereocenters. The number of aromatic hydroxyl groups is 1. The third-order valence-corrected chi connectivity index (χ3v) is 4.15. The monoisotopic (exact) mass is 334 g/mol. The summed E-state index contributed by atoms with van der Waals surface area (Å²) < 4.78 is 20.4. The van der Waals surface area contributed by atoms with Gasteiger partial charge in [0.15, 0.2) is 11.6 Å². The Hall–Kier alpha value is -3.34. The van der Waals surface area contributed by atoms with Gasteiger partial charge in [0.1, 0.15) is 5.75 Å². The van der Waals surface area contributed by atoms with E-state index < -0.39 is 5.82 Å². The quantitative estimate of drug-likeness (QED) is 0.598. The van der Waals surface area contributed by atoms with Gasteiger partial charge < -0.3 is 9.84 Å². The largest absolute Gasteiger partial charge is 0.505 e. The fraction of sp³-hybridized carbons (Fsp3) is 0.0500. The lowest BCUT2D eigenvalue weighted by atomic mass is 10.1. The van der Waals surface area contributed by atoms with Crippen molar-refractivity contribution in [3.8, 4) is 28.3 Å². The Morgan fingerprint density at radius 1 is 1.00 bits per heavy atom. The lowest BCUT2D eigenvalue weighted by molar-refractivity contribution is 0.415. The highest BCUT2D eigenvalue weighted by Gasteiger charge is 2.10. The van der Waals surface area contributed by atoms with Gasteiger partial charge >= 0.3 is 0 Å². The van der Waals surface area contributed by atoms with Crippen LogP contribution >= 0.6 is 0 Å². The summed E-state index contributed by atoms with van der Waals surface area (Å²) in [5.74, 6) is -0.236. The summed E-state index contributed by atoms with van der Waals surface area (Å²) in [5.41, 5.74) is 3.57. The van der Waals surface area contributed by atoms with Crippen molar-refractivity contribution in [2.45, 2.75) is 0 Å². The summed E-state index contributed by atoms with van der Waals surface area (Å²) >= 11 is 0. The van der Waals surface area contributed by atoms with E-state index >= 15 is 0 Å². The molecule has 0 atom stereocenters. The first-order valence-corrected chi connectivity index (χ1v) is 7.77. The Balaban J connectivity index is 1.74. The average Bonchev–Trinajstić information content (AvgIpc) is 3.05. The molecule has 0 bridgehead atoms. The minimum absolute atomic E-state index is 0.387. The smallest absolute Gasteiger partial charge is 0.165 e. The number of ether oxygens (including phenoxy) is 1. The number of fused-ring (bicyclic) bond motifs is 1.